The molecule has 2 rings (SSSR count). The molecule has 0 spiro atoms. The van der Waals surface area contributed by atoms with Crippen molar-refractivity contribution in [2.75, 3.05) is 4.90 Å². The van der Waals surface area contributed by atoms with Crippen molar-refractivity contribution in [1.29, 1.82) is 0 Å². The molecule has 1 aromatic heterocycles. The Hall–Kier alpha value is -2.81. The second-order valence-electron chi connectivity index (χ2n) is 4.20. The Balaban J connectivity index is 2.34. The van der Waals surface area contributed by atoms with Crippen LogP contribution in [0.3, 0.4) is 0 Å². The molecule has 2 aromatic rings. The van der Waals surface area contributed by atoms with Crippen LogP contribution in [0, 0.1) is 5.82 Å². The van der Waals surface area contributed by atoms with E-state index >= 15 is 0 Å². The Bertz CT molecular complexity index is 738. The molecule has 0 aliphatic heterocycles. The predicted octanol–water partition coefficient (Wildman–Crippen LogP) is 0.993. The maximum atomic E-state index is 13.9. The van der Waals surface area contributed by atoms with E-state index in [1.54, 1.807) is 17.5 Å². The molecule has 7 nitrogen and oxygen atoms in total. The van der Waals surface area contributed by atoms with Crippen LogP contribution in [0.1, 0.15) is 12.6 Å². The summed E-state index contributed by atoms with van der Waals surface area (Å²) in [6.45, 7) is 1.35. The number of hydrogen-bond acceptors (Lipinski definition) is 4. The first-order valence-electron chi connectivity index (χ1n) is 6.17. The number of aromatic amines is 1. The number of guanidine groups is 1. The van der Waals surface area contributed by atoms with Crippen LogP contribution in [0.15, 0.2) is 39.8 Å². The van der Waals surface area contributed by atoms with Crippen LogP contribution in [-0.4, -0.2) is 18.1 Å². The van der Waals surface area contributed by atoms with Gasteiger partial charge in [-0.15, -0.1) is 10.0 Å². The largest absolute Gasteiger partial charge is 0.369 e. The quantitative estimate of drug-likeness (QED) is 0.497. The van der Waals surface area contributed by atoms with E-state index in [4.69, 9.17) is 11.5 Å². The van der Waals surface area contributed by atoms with Gasteiger partial charge in [-0.05, 0) is 12.1 Å². The summed E-state index contributed by atoms with van der Waals surface area (Å²) in [4.78, 5) is 16.1. The third-order valence-corrected chi connectivity index (χ3v) is 3.41. The van der Waals surface area contributed by atoms with E-state index in [1.807, 2.05) is 0 Å². The third-order valence-electron chi connectivity index (χ3n) is 2.53. The van der Waals surface area contributed by atoms with Crippen LogP contribution in [0.25, 0.3) is 0 Å². The summed E-state index contributed by atoms with van der Waals surface area (Å²) in [5, 5.41) is 9.28. The molecule has 22 heavy (non-hydrogen) atoms. The summed E-state index contributed by atoms with van der Waals surface area (Å²) >= 11 is 1.23. The number of thiazole rings is 1. The molecule has 0 fully saturated rings. The average molecular weight is 321 g/mol. The molecule has 0 saturated heterocycles. The smallest absolute Gasteiger partial charge is 0.347 e. The highest BCUT2D eigenvalue weighted by atomic mass is 32.1. The van der Waals surface area contributed by atoms with Crippen molar-refractivity contribution < 1.29 is 14.2 Å². The highest BCUT2D eigenvalue weighted by molar-refractivity contribution is 7.13. The van der Waals surface area contributed by atoms with E-state index in [0.29, 0.717) is 10.8 Å². The van der Waals surface area contributed by atoms with Crippen LogP contribution >= 0.6 is 11.3 Å². The molecule has 1 amide bonds. The van der Waals surface area contributed by atoms with Crippen molar-refractivity contribution in [2.24, 2.45) is 21.7 Å². The summed E-state index contributed by atoms with van der Waals surface area (Å²) in [5.74, 6) is -0.977. The van der Waals surface area contributed by atoms with Crippen LogP contribution in [-0.2, 0) is 4.79 Å². The fraction of sp³-hybridized carbons (Fsp3) is 0.0769. The number of nitrogens with one attached hydrogen (secondary N) is 1. The van der Waals surface area contributed by atoms with E-state index in [2.05, 4.69) is 15.2 Å². The molecule has 5 N–H and O–H groups in total. The van der Waals surface area contributed by atoms with Gasteiger partial charge in [-0.1, -0.05) is 23.5 Å². The first-order chi connectivity index (χ1) is 10.5. The van der Waals surface area contributed by atoms with Crippen LogP contribution in [0.5, 0.6) is 0 Å². The minimum absolute atomic E-state index is 0.163. The lowest BCUT2D eigenvalue weighted by atomic mass is 10.3. The van der Waals surface area contributed by atoms with Crippen LogP contribution < -0.4 is 21.4 Å². The van der Waals surface area contributed by atoms with E-state index in [1.165, 1.54) is 41.5 Å². The number of H-pyrrole nitrogens is 1. The zero-order valence-corrected chi connectivity index (χ0v) is 12.5. The van der Waals surface area contributed by atoms with Crippen LogP contribution in [0.4, 0.5) is 15.2 Å². The molecule has 9 heteroatoms. The molecule has 0 saturated carbocycles. The molecule has 0 aliphatic rings. The summed E-state index contributed by atoms with van der Waals surface area (Å²) < 4.78 is 13.9. The topological polar surface area (TPSA) is 111 Å². The molecule has 1 aromatic carbocycles. The Morgan fingerprint density at radius 2 is 2.14 bits per heavy atom. The first-order valence-corrected chi connectivity index (χ1v) is 7.05. The predicted molar refractivity (Wildman–Crippen MR) is 83.5 cm³/mol. The number of rotatable bonds is 4. The zero-order chi connectivity index (χ0) is 16.1. The summed E-state index contributed by atoms with van der Waals surface area (Å²) in [5.41, 5.74) is 11.1. The number of halogens is 1. The monoisotopic (exact) mass is 321 g/mol. The summed E-state index contributed by atoms with van der Waals surface area (Å²) in [6.07, 6.45) is 1.39. The summed E-state index contributed by atoms with van der Waals surface area (Å²) in [6, 6.07) is 6.03. The number of nitrogens with two attached hydrogens (primary N) is 2. The Morgan fingerprint density at radius 3 is 2.77 bits per heavy atom. The molecular formula is C13H14FN6OS+. The van der Waals surface area contributed by atoms with Gasteiger partial charge in [0, 0.05) is 12.3 Å². The molecule has 0 radical (unpaired) electrons. The van der Waals surface area contributed by atoms with Crippen molar-refractivity contribution in [2.45, 2.75) is 6.92 Å². The molecule has 0 aliphatic carbocycles. The highest BCUT2D eigenvalue weighted by Gasteiger charge is 2.28. The van der Waals surface area contributed by atoms with Crippen molar-refractivity contribution in [3.8, 4) is 0 Å². The molecule has 0 unspecified atom stereocenters. The molecule has 0 bridgehead atoms. The fourth-order valence-corrected chi connectivity index (χ4v) is 2.55. The number of anilines is 2. The van der Waals surface area contributed by atoms with E-state index < -0.39 is 5.82 Å². The SMILES string of the molecule is CC(=O)N(c1[nH+]c(/C=N/N=C(N)N)cs1)c1ccccc1F. The van der Waals surface area contributed by atoms with Crippen LogP contribution in [0.2, 0.25) is 0 Å². The Morgan fingerprint density at radius 1 is 1.41 bits per heavy atom. The lowest BCUT2D eigenvalue weighted by Gasteiger charge is -2.10. The summed E-state index contributed by atoms with van der Waals surface area (Å²) in [7, 11) is 0. The normalized spacial score (nSPS) is 10.6. The number of amides is 1. The Labute approximate surface area is 129 Å². The van der Waals surface area contributed by atoms with Gasteiger partial charge in [-0.2, -0.15) is 5.10 Å². The Kier molecular flexibility index (Phi) is 4.79. The zero-order valence-electron chi connectivity index (χ0n) is 11.7. The average Bonchev–Trinajstić information content (AvgIpc) is 2.89. The van der Waals surface area contributed by atoms with E-state index in [-0.39, 0.29) is 17.6 Å². The van der Waals surface area contributed by atoms with Gasteiger partial charge in [0.15, 0.2) is 17.2 Å². The minimum Gasteiger partial charge on any atom is -0.369 e. The van der Waals surface area contributed by atoms with E-state index in [0.717, 1.165) is 0 Å². The number of hydrogen-bond donors (Lipinski definition) is 2. The number of carbonyl (C=O) groups excluding carboxylic acids is 1. The van der Waals surface area contributed by atoms with Gasteiger partial charge < -0.3 is 11.5 Å². The number of para-hydroxylation sites is 1. The number of carbonyl (C=O) groups is 1. The maximum absolute atomic E-state index is 13.9. The number of aromatic nitrogens is 1. The van der Waals surface area contributed by atoms with Crippen molar-refractivity contribution in [1.82, 2.24) is 0 Å². The second kappa shape index (κ2) is 6.76. The van der Waals surface area contributed by atoms with Gasteiger partial charge in [0.25, 0.3) is 0 Å². The highest BCUT2D eigenvalue weighted by Crippen LogP contribution is 2.28. The lowest BCUT2D eigenvalue weighted by Crippen LogP contribution is -2.28. The minimum atomic E-state index is -0.491. The van der Waals surface area contributed by atoms with Gasteiger partial charge in [-0.3, -0.25) is 0 Å². The van der Waals surface area contributed by atoms with Crippen molar-refractivity contribution >= 4 is 40.2 Å². The molecular weight excluding hydrogens is 307 g/mol. The fourth-order valence-electron chi connectivity index (χ4n) is 1.69. The first kappa shape index (κ1) is 15.6. The molecule has 0 atom stereocenters. The number of nitrogens with zero attached hydrogens (tertiary/aromatic N) is 3. The molecule has 114 valence electrons. The van der Waals surface area contributed by atoms with Gasteiger partial charge in [0.1, 0.15) is 0 Å². The number of benzene rings is 1. The van der Waals surface area contributed by atoms with Gasteiger partial charge >= 0.3 is 11.0 Å². The van der Waals surface area contributed by atoms with Gasteiger partial charge in [0.05, 0.1) is 6.21 Å². The third kappa shape index (κ3) is 3.64. The second-order valence-corrected chi connectivity index (χ2v) is 5.05. The lowest BCUT2D eigenvalue weighted by molar-refractivity contribution is -0.357. The van der Waals surface area contributed by atoms with Crippen molar-refractivity contribution in [3.05, 3.63) is 41.2 Å². The molecule has 1 heterocycles. The van der Waals surface area contributed by atoms with Crippen molar-refractivity contribution in [3.63, 3.8) is 0 Å². The van der Waals surface area contributed by atoms with Gasteiger partial charge in [-0.25, -0.2) is 14.2 Å². The van der Waals surface area contributed by atoms with E-state index in [9.17, 15) is 9.18 Å². The maximum Gasteiger partial charge on any atom is 0.347 e. The van der Waals surface area contributed by atoms with Gasteiger partial charge in [0.2, 0.25) is 5.96 Å². The standard InChI is InChI=1S/C13H13FN6OS/c1-8(21)20(11-5-3-2-4-10(11)14)13-18-9(7-22-13)6-17-19-12(15)16/h2-7H,1H3,(H4,15,16,19)/p+1/b17-6+.